The van der Waals surface area contributed by atoms with Crippen molar-refractivity contribution in [2.45, 2.75) is 225 Å². The van der Waals surface area contributed by atoms with Gasteiger partial charge >= 0.3 is 47.6 Å². The van der Waals surface area contributed by atoms with Crippen LogP contribution >= 0.6 is 7.82 Å². The fourth-order valence-electron chi connectivity index (χ4n) is 6.69. The fraction of sp³-hybridized carbons (Fsp3) is 0.933. The van der Waals surface area contributed by atoms with Crippen LogP contribution in [0.3, 0.4) is 0 Å². The van der Waals surface area contributed by atoms with E-state index in [2.05, 4.69) is 19.2 Å². The molecule has 0 aliphatic carbocycles. The quantitative estimate of drug-likeness (QED) is 0.0194. The van der Waals surface area contributed by atoms with Crippen LogP contribution in [-0.2, 0) is 42.1 Å². The molecule has 0 saturated carbocycles. The van der Waals surface area contributed by atoms with E-state index < -0.39 is 45.2 Å². The summed E-state index contributed by atoms with van der Waals surface area (Å²) in [7, 11) is -3.34. The number of ether oxygens (including phenoxy) is 4. The van der Waals surface area contributed by atoms with E-state index >= 15 is 0 Å². The predicted octanol–water partition coefficient (Wildman–Crippen LogP) is 9.00. The molecule has 0 aliphatic heterocycles. The molecule has 0 radical (unpaired) electrons. The third-order valence-corrected chi connectivity index (χ3v) is 11.2. The Kier molecular flexibility index (Phi) is 52.2. The number of phosphoric acid groups is 1. The standard InChI is InChI=1S/C45H88NO11P.H3N.Na/c1-4-6-8-10-12-14-16-18-20-22-24-26-28-30-32-34-43(47)54-40-42(41-56-58(50,51)55-37-36-46-45(49)53-39-38-52-3)57-44(48)35-33-31-29-27-25-23-21-19-17-15-13-11-9-7-5-2;;/h42H,4-41H2,1-3H3,(H,46,49)(H,50,51);1H3;/q;;+1/p-1/t42-;;/m1../s1. The topological polar surface area (TPSA) is 194 Å². The second-order valence-corrected chi connectivity index (χ2v) is 17.2. The van der Waals surface area contributed by atoms with Gasteiger partial charge in [0.25, 0.3) is 7.82 Å². The van der Waals surface area contributed by atoms with Gasteiger partial charge in [-0.05, 0) is 12.8 Å². The van der Waals surface area contributed by atoms with Crippen molar-refractivity contribution in [2.75, 3.05) is 46.7 Å². The first kappa shape index (κ1) is 63.5. The predicted molar refractivity (Wildman–Crippen MR) is 236 cm³/mol. The zero-order chi connectivity index (χ0) is 42.6. The van der Waals surface area contributed by atoms with Gasteiger partial charge in [0.1, 0.15) is 13.2 Å². The molecule has 0 bridgehead atoms. The van der Waals surface area contributed by atoms with Crippen LogP contribution in [-0.4, -0.2) is 70.8 Å². The van der Waals surface area contributed by atoms with Crippen molar-refractivity contribution in [3.63, 3.8) is 0 Å². The van der Waals surface area contributed by atoms with Crippen molar-refractivity contribution in [3.05, 3.63) is 0 Å². The molecule has 13 nitrogen and oxygen atoms in total. The number of hydrogen-bond donors (Lipinski definition) is 2. The van der Waals surface area contributed by atoms with E-state index in [4.69, 9.17) is 28.0 Å². The summed E-state index contributed by atoms with van der Waals surface area (Å²) in [5.74, 6) is -0.928. The summed E-state index contributed by atoms with van der Waals surface area (Å²) in [6.07, 6.45) is 35.3. The number of nitrogens with one attached hydrogen (secondary N) is 1. The minimum Gasteiger partial charge on any atom is -0.756 e. The number of alkyl carbamates (subject to hydrolysis) is 1. The Bertz CT molecular complexity index is 999. The summed E-state index contributed by atoms with van der Waals surface area (Å²) in [5, 5.41) is 2.36. The number of methoxy groups -OCH3 is 1. The summed E-state index contributed by atoms with van der Waals surface area (Å²) in [4.78, 5) is 49.2. The molecule has 60 heavy (non-hydrogen) atoms. The summed E-state index contributed by atoms with van der Waals surface area (Å²) < 4.78 is 42.7. The van der Waals surface area contributed by atoms with Gasteiger partial charge in [-0.3, -0.25) is 14.2 Å². The average Bonchev–Trinajstić information content (AvgIpc) is 3.20. The Balaban J connectivity index is -0.0000162. The maximum atomic E-state index is 12.7. The molecule has 0 heterocycles. The zero-order valence-corrected chi connectivity index (χ0v) is 42.0. The molecule has 0 saturated heterocycles. The summed E-state index contributed by atoms with van der Waals surface area (Å²) >= 11 is 0. The molecule has 15 heteroatoms. The van der Waals surface area contributed by atoms with Gasteiger partial charge in [0.05, 0.1) is 19.8 Å². The molecule has 1 unspecified atom stereocenters. The smallest absolute Gasteiger partial charge is 0.756 e. The molecule has 0 aromatic carbocycles. The van der Waals surface area contributed by atoms with Gasteiger partial charge in [0.2, 0.25) is 0 Å². The number of rotatable bonds is 45. The third kappa shape index (κ3) is 48.3. The normalized spacial score (nSPS) is 12.5. The Morgan fingerprint density at radius 1 is 0.517 bits per heavy atom. The van der Waals surface area contributed by atoms with Crippen LogP contribution in [0.5, 0.6) is 0 Å². The Hall–Kier alpha value is -0.760. The molecule has 0 aromatic rings. The molecule has 2 atom stereocenters. The number of unbranched alkanes of at least 4 members (excludes halogenated alkanes) is 28. The maximum absolute atomic E-state index is 12.7. The number of amides is 1. The second-order valence-electron chi connectivity index (χ2n) is 15.8. The molecule has 0 fully saturated rings. The largest absolute Gasteiger partial charge is 1.00 e. The van der Waals surface area contributed by atoms with Gasteiger partial charge in [0, 0.05) is 26.5 Å². The van der Waals surface area contributed by atoms with Crippen molar-refractivity contribution < 1.29 is 81.4 Å². The van der Waals surface area contributed by atoms with Crippen LogP contribution < -0.4 is 45.9 Å². The third-order valence-electron chi connectivity index (χ3n) is 10.3. The Labute approximate surface area is 388 Å². The minimum absolute atomic E-state index is 0. The fourth-order valence-corrected chi connectivity index (χ4v) is 7.43. The molecule has 1 amide bonds. The van der Waals surface area contributed by atoms with Crippen LogP contribution in [0.25, 0.3) is 0 Å². The molecule has 4 N–H and O–H groups in total. The maximum Gasteiger partial charge on any atom is 1.00 e. The Morgan fingerprint density at radius 3 is 1.30 bits per heavy atom. The molecular formula is C45H90N2NaO11P. The summed E-state index contributed by atoms with van der Waals surface area (Å²) in [5.41, 5.74) is 0. The number of hydrogen-bond acceptors (Lipinski definition) is 12. The van der Waals surface area contributed by atoms with Gasteiger partial charge < -0.3 is 44.4 Å². The van der Waals surface area contributed by atoms with Crippen molar-refractivity contribution in [1.29, 1.82) is 0 Å². The van der Waals surface area contributed by atoms with E-state index in [0.717, 1.165) is 38.5 Å². The van der Waals surface area contributed by atoms with Gasteiger partial charge in [-0.2, -0.15) is 0 Å². The van der Waals surface area contributed by atoms with E-state index in [-0.39, 0.29) is 74.9 Å². The monoisotopic (exact) mass is 889 g/mol. The van der Waals surface area contributed by atoms with Crippen LogP contribution in [0.15, 0.2) is 0 Å². The van der Waals surface area contributed by atoms with Crippen molar-refractivity contribution >= 4 is 25.9 Å². The first-order chi connectivity index (χ1) is 28.2. The molecular weight excluding hydrogens is 798 g/mol. The van der Waals surface area contributed by atoms with Gasteiger partial charge in [-0.15, -0.1) is 0 Å². The van der Waals surface area contributed by atoms with Crippen molar-refractivity contribution in [1.82, 2.24) is 11.5 Å². The second kappa shape index (κ2) is 49.3. The van der Waals surface area contributed by atoms with Crippen molar-refractivity contribution in [3.8, 4) is 0 Å². The van der Waals surface area contributed by atoms with Gasteiger partial charge in [-0.25, -0.2) is 4.79 Å². The number of carbonyl (C=O) groups excluding carboxylic acids is 3. The molecule has 0 rings (SSSR count). The molecule has 0 aliphatic rings. The Morgan fingerprint density at radius 2 is 0.900 bits per heavy atom. The summed E-state index contributed by atoms with van der Waals surface area (Å²) in [6.45, 7) is 3.36. The van der Waals surface area contributed by atoms with E-state index in [0.29, 0.717) is 12.8 Å². The van der Waals surface area contributed by atoms with Gasteiger partial charge in [-0.1, -0.05) is 194 Å². The average molecular weight is 889 g/mol. The van der Waals surface area contributed by atoms with Crippen LogP contribution in [0.2, 0.25) is 0 Å². The molecule has 0 aromatic heterocycles. The molecule has 352 valence electrons. The van der Waals surface area contributed by atoms with E-state index in [1.807, 2.05) is 0 Å². The van der Waals surface area contributed by atoms with Crippen LogP contribution in [0.4, 0.5) is 4.79 Å². The van der Waals surface area contributed by atoms with E-state index in [1.54, 1.807) is 0 Å². The number of carbonyl (C=O) groups is 3. The SMILES string of the molecule is CCCCCCCCCCCCCCCCCC(=O)OC[C@H](COP(=O)([O-])OCCNC(=O)OCCOC)OC(=O)CCCCCCCCCCCCCCCCC.N.[Na+]. The van der Waals surface area contributed by atoms with E-state index in [1.165, 1.54) is 148 Å². The number of phosphoric ester groups is 1. The van der Waals surface area contributed by atoms with Crippen LogP contribution in [0.1, 0.15) is 219 Å². The first-order valence-corrected chi connectivity index (χ1v) is 25.0. The first-order valence-electron chi connectivity index (χ1n) is 23.6. The van der Waals surface area contributed by atoms with Crippen LogP contribution in [0, 0.1) is 0 Å². The van der Waals surface area contributed by atoms with E-state index in [9.17, 15) is 23.8 Å². The van der Waals surface area contributed by atoms with Gasteiger partial charge in [0.15, 0.2) is 6.10 Å². The van der Waals surface area contributed by atoms with Crippen molar-refractivity contribution in [2.24, 2.45) is 0 Å². The molecule has 0 spiro atoms. The minimum atomic E-state index is -4.82. The summed E-state index contributed by atoms with van der Waals surface area (Å²) in [6, 6.07) is 0. The number of esters is 2. The zero-order valence-electron chi connectivity index (χ0n) is 39.1.